The molecule has 0 aromatic carbocycles. The molecule has 0 amide bonds. The number of alkyl halides is 1. The summed E-state index contributed by atoms with van der Waals surface area (Å²) in [6.07, 6.45) is -2.29. The minimum Gasteiger partial charge on any atom is -0.390 e. The van der Waals surface area contributed by atoms with Crippen LogP contribution in [0, 0.1) is 12.3 Å². The lowest BCUT2D eigenvalue weighted by molar-refractivity contribution is -0.0799. The van der Waals surface area contributed by atoms with Crippen molar-refractivity contribution in [2.45, 2.75) is 50.6 Å². The van der Waals surface area contributed by atoms with Gasteiger partial charge in [0.15, 0.2) is 23.6 Å². The number of aliphatic hydroxyl groups excluding tert-OH is 2. The first-order chi connectivity index (χ1) is 12.3. The molecule has 1 aliphatic rings. The number of aromatic nitrogens is 4. The molecule has 140 valence electrons. The number of aromatic amines is 1. The summed E-state index contributed by atoms with van der Waals surface area (Å²) in [6.45, 7) is 1.37. The first kappa shape index (κ1) is 18.1. The van der Waals surface area contributed by atoms with Crippen molar-refractivity contribution in [1.82, 2.24) is 19.1 Å². The van der Waals surface area contributed by atoms with Crippen molar-refractivity contribution < 1.29 is 19.3 Å². The number of ether oxygens (including phenoxy) is 1. The summed E-state index contributed by atoms with van der Waals surface area (Å²) in [5.41, 5.74) is 3.63. The largest absolute Gasteiger partial charge is 0.390 e. The number of nitrogens with two attached hydrogens (primary N) is 1. The fourth-order valence-electron chi connectivity index (χ4n) is 3.08. The van der Waals surface area contributed by atoms with Gasteiger partial charge in [-0.15, -0.1) is 6.42 Å². The van der Waals surface area contributed by atoms with Crippen LogP contribution in [-0.4, -0.2) is 53.8 Å². The number of hydrogen-bond acceptors (Lipinski definition) is 7. The Morgan fingerprint density at radius 1 is 1.54 bits per heavy atom. The quantitative estimate of drug-likeness (QED) is 0.479. The molecule has 1 aliphatic heterocycles. The lowest BCUT2D eigenvalue weighted by atomic mass is 10.1. The topological polar surface area (TPSA) is 148 Å². The molecule has 0 spiro atoms. The molecule has 11 heteroatoms. The van der Waals surface area contributed by atoms with E-state index >= 15 is 0 Å². The molecule has 1 saturated heterocycles. The third kappa shape index (κ3) is 2.59. The molecular weight excluding hydrogens is 349 g/mol. The second-order valence-corrected chi connectivity index (χ2v) is 5.97. The Hall–Kier alpha value is -2.68. The van der Waals surface area contributed by atoms with Crippen LogP contribution in [0.3, 0.4) is 0 Å². The molecule has 0 radical (unpaired) electrons. The van der Waals surface area contributed by atoms with E-state index in [2.05, 4.69) is 15.9 Å². The zero-order valence-electron chi connectivity index (χ0n) is 13.8. The van der Waals surface area contributed by atoms with E-state index in [-0.39, 0.29) is 30.1 Å². The van der Waals surface area contributed by atoms with Gasteiger partial charge in [-0.2, -0.15) is 4.98 Å². The van der Waals surface area contributed by atoms with Crippen LogP contribution in [0.4, 0.5) is 10.3 Å². The van der Waals surface area contributed by atoms with Gasteiger partial charge in [-0.3, -0.25) is 14.3 Å². The van der Waals surface area contributed by atoms with Crippen LogP contribution in [0.2, 0.25) is 0 Å². The number of aliphatic hydroxyl groups is 2. The summed E-state index contributed by atoms with van der Waals surface area (Å²) in [7, 11) is 0. The van der Waals surface area contributed by atoms with Crippen LogP contribution in [0.25, 0.3) is 11.2 Å². The molecule has 26 heavy (non-hydrogen) atoms. The number of nitrogen functional groups attached to an aromatic ring is 1. The average Bonchev–Trinajstić information content (AvgIpc) is 3.03. The number of nitrogens with zero attached hydrogens (tertiary/aromatic N) is 3. The van der Waals surface area contributed by atoms with Gasteiger partial charge in [-0.25, -0.2) is 13.8 Å². The highest BCUT2D eigenvalue weighted by Gasteiger charge is 2.49. The minimum atomic E-state index is -1.94. The first-order valence-corrected chi connectivity index (χ1v) is 7.91. The number of anilines is 1. The number of terminal acetylenes is 1. The maximum absolute atomic E-state index is 14.4. The number of rotatable bonds is 4. The second kappa shape index (κ2) is 6.56. The van der Waals surface area contributed by atoms with Gasteiger partial charge in [-0.1, -0.05) is 12.8 Å². The van der Waals surface area contributed by atoms with Crippen molar-refractivity contribution >= 4 is 17.1 Å². The van der Waals surface area contributed by atoms with Crippen molar-refractivity contribution in [2.75, 3.05) is 5.73 Å². The van der Waals surface area contributed by atoms with Gasteiger partial charge in [0.1, 0.15) is 12.2 Å². The summed E-state index contributed by atoms with van der Waals surface area (Å²) >= 11 is 0. The summed E-state index contributed by atoms with van der Waals surface area (Å²) in [6, 6.07) is 0. The predicted octanol–water partition coefficient (Wildman–Crippen LogP) is -1.53. The fraction of sp³-hybridized carbons (Fsp3) is 0.533. The molecule has 2 aromatic heterocycles. The van der Waals surface area contributed by atoms with E-state index < -0.39 is 42.0 Å². The van der Waals surface area contributed by atoms with E-state index in [1.165, 1.54) is 0 Å². The highest BCUT2D eigenvalue weighted by molar-refractivity contribution is 5.72. The van der Waals surface area contributed by atoms with Gasteiger partial charge >= 0.3 is 5.69 Å². The Morgan fingerprint density at radius 2 is 2.23 bits per heavy atom. The van der Waals surface area contributed by atoms with E-state index in [1.807, 2.05) is 0 Å². The van der Waals surface area contributed by atoms with Gasteiger partial charge in [0, 0.05) is 0 Å². The number of imidazole rings is 1. The van der Waals surface area contributed by atoms with E-state index in [1.54, 1.807) is 6.92 Å². The Labute approximate surface area is 146 Å². The van der Waals surface area contributed by atoms with Crippen molar-refractivity contribution in [3.05, 3.63) is 20.8 Å². The smallest absolute Gasteiger partial charge is 0.333 e. The average molecular weight is 367 g/mol. The molecule has 3 heterocycles. The Bertz CT molecular complexity index is 989. The van der Waals surface area contributed by atoms with Gasteiger partial charge < -0.3 is 20.7 Å². The normalized spacial score (nSPS) is 26.9. The standard InChI is InChI=1S/C15H18FN5O5/c1-3-5-20-8-11(18-14(17)19-12(8)24)21(15(20)25)13-9(23)7(16)10(26-13)6(22)4-2/h1,6-7,9-10,13,22-23H,4-5H2,2H3,(H3,17,18,19,24)/t6?,7-,9-,10-,13-/m1/s1. The Kier molecular flexibility index (Phi) is 4.57. The number of nitrogens with one attached hydrogen (secondary N) is 1. The molecule has 2 aromatic rings. The number of H-pyrrole nitrogens is 1. The maximum atomic E-state index is 14.4. The molecule has 5 atom stereocenters. The van der Waals surface area contributed by atoms with Gasteiger partial charge in [-0.05, 0) is 6.42 Å². The zero-order valence-corrected chi connectivity index (χ0v) is 13.8. The van der Waals surface area contributed by atoms with Crippen molar-refractivity contribution in [2.24, 2.45) is 0 Å². The summed E-state index contributed by atoms with van der Waals surface area (Å²) in [5, 5.41) is 20.1. The van der Waals surface area contributed by atoms with Crippen molar-refractivity contribution in [3.63, 3.8) is 0 Å². The summed E-state index contributed by atoms with van der Waals surface area (Å²) < 4.78 is 21.6. The van der Waals surface area contributed by atoms with Crippen LogP contribution in [0.1, 0.15) is 19.6 Å². The van der Waals surface area contributed by atoms with E-state index in [9.17, 15) is 24.2 Å². The molecule has 0 saturated carbocycles. The molecule has 3 rings (SSSR count). The summed E-state index contributed by atoms with van der Waals surface area (Å²) in [4.78, 5) is 31.1. The maximum Gasteiger partial charge on any atom is 0.333 e. The predicted molar refractivity (Wildman–Crippen MR) is 89.0 cm³/mol. The van der Waals surface area contributed by atoms with E-state index in [0.29, 0.717) is 0 Å². The Balaban J connectivity index is 2.23. The number of halogens is 1. The summed E-state index contributed by atoms with van der Waals surface area (Å²) in [5.74, 6) is 1.96. The fourth-order valence-corrected chi connectivity index (χ4v) is 3.08. The first-order valence-electron chi connectivity index (χ1n) is 7.91. The molecular formula is C15H18FN5O5. The van der Waals surface area contributed by atoms with Crippen LogP contribution in [-0.2, 0) is 11.3 Å². The lowest BCUT2D eigenvalue weighted by Crippen LogP contribution is -2.36. The zero-order chi connectivity index (χ0) is 19.2. The highest BCUT2D eigenvalue weighted by atomic mass is 19.1. The van der Waals surface area contributed by atoms with Crippen LogP contribution in [0.5, 0.6) is 0 Å². The Morgan fingerprint density at radius 3 is 2.85 bits per heavy atom. The number of hydrogen-bond donors (Lipinski definition) is 4. The van der Waals surface area contributed by atoms with Gasteiger partial charge in [0.2, 0.25) is 5.95 Å². The third-order valence-corrected chi connectivity index (χ3v) is 4.36. The van der Waals surface area contributed by atoms with E-state index in [4.69, 9.17) is 16.9 Å². The van der Waals surface area contributed by atoms with Gasteiger partial charge in [0.25, 0.3) is 5.56 Å². The second-order valence-electron chi connectivity index (χ2n) is 5.97. The molecule has 0 bridgehead atoms. The van der Waals surface area contributed by atoms with Crippen molar-refractivity contribution in [1.29, 1.82) is 0 Å². The third-order valence-electron chi connectivity index (χ3n) is 4.36. The SMILES string of the molecule is C#CCn1c(=O)n([C@@H]2O[C@H](C(O)CC)[C@H](F)[C@H]2O)c2nc(N)[nH]c(=O)c21. The molecule has 10 nitrogen and oxygen atoms in total. The van der Waals surface area contributed by atoms with Crippen LogP contribution in [0.15, 0.2) is 9.59 Å². The number of fused-ring (bicyclic) bond motifs is 1. The van der Waals surface area contributed by atoms with E-state index in [0.717, 1.165) is 9.13 Å². The lowest BCUT2D eigenvalue weighted by Gasteiger charge is -2.18. The highest BCUT2D eigenvalue weighted by Crippen LogP contribution is 2.34. The van der Waals surface area contributed by atoms with Gasteiger partial charge in [0.05, 0.1) is 12.6 Å². The molecule has 1 unspecified atom stereocenters. The monoisotopic (exact) mass is 367 g/mol. The minimum absolute atomic E-state index is 0.173. The molecule has 5 N–H and O–H groups in total. The van der Waals surface area contributed by atoms with Crippen LogP contribution >= 0.6 is 0 Å². The molecule has 0 aliphatic carbocycles. The van der Waals surface area contributed by atoms with Crippen LogP contribution < -0.4 is 17.0 Å². The van der Waals surface area contributed by atoms with Crippen molar-refractivity contribution in [3.8, 4) is 12.3 Å². The molecule has 1 fully saturated rings.